The lowest BCUT2D eigenvalue weighted by atomic mass is 9.65. The predicted octanol–water partition coefficient (Wildman–Crippen LogP) is 10.3. The molecular formula is C40H45BN2O2. The maximum Gasteiger partial charge on any atom is 0.406 e. The molecule has 0 fully saturated rings. The second-order valence-electron chi connectivity index (χ2n) is 12.1. The van der Waals surface area contributed by atoms with Gasteiger partial charge >= 0.3 is 6.98 Å². The summed E-state index contributed by atoms with van der Waals surface area (Å²) in [4.78, 5) is 0. The van der Waals surface area contributed by atoms with Crippen molar-refractivity contribution in [2.24, 2.45) is 0 Å². The van der Waals surface area contributed by atoms with Crippen molar-refractivity contribution < 1.29 is 9.47 Å². The topological polar surface area (TPSA) is 42.5 Å². The van der Waals surface area contributed by atoms with Gasteiger partial charge < -0.3 is 19.9 Å². The highest BCUT2D eigenvalue weighted by Gasteiger charge is 2.26. The molecule has 0 aliphatic carbocycles. The van der Waals surface area contributed by atoms with Crippen molar-refractivity contribution in [1.29, 1.82) is 0 Å². The summed E-state index contributed by atoms with van der Waals surface area (Å²) in [5, 5.41) is 10.0. The third kappa shape index (κ3) is 7.65. The molecule has 5 aromatic carbocycles. The summed E-state index contributed by atoms with van der Waals surface area (Å²) in [6, 6.07) is 36.9. The Morgan fingerprint density at radius 1 is 0.511 bits per heavy atom. The van der Waals surface area contributed by atoms with E-state index in [9.17, 15) is 0 Å². The average Bonchev–Trinajstić information content (AvgIpc) is 3.08. The Kier molecular flexibility index (Phi) is 10.3. The zero-order chi connectivity index (χ0) is 30.8. The second-order valence-corrected chi connectivity index (χ2v) is 12.1. The van der Waals surface area contributed by atoms with E-state index in [0.717, 1.165) is 71.2 Å². The summed E-state index contributed by atoms with van der Waals surface area (Å²) in [6.07, 6.45) is 9.56. The normalized spacial score (nSPS) is 12.1. The molecular weight excluding hydrogens is 551 g/mol. The largest absolute Gasteiger partial charge is 0.494 e. The molecule has 0 saturated heterocycles. The maximum absolute atomic E-state index is 6.18. The lowest BCUT2D eigenvalue weighted by Crippen LogP contribution is -2.47. The fraction of sp³-hybridized carbons (Fsp3) is 0.300. The Balaban J connectivity index is 1.32. The smallest absolute Gasteiger partial charge is 0.406 e. The van der Waals surface area contributed by atoms with Crippen molar-refractivity contribution >= 4 is 34.6 Å². The SMILES string of the molecule is CCCCCCOc1cccc(-c2cc(B3Nc4cccc5cccc(c45)N3)cc(-c3cccc(OCCCCCC)c3)c2)c1. The quantitative estimate of drug-likeness (QED) is 0.0932. The number of anilines is 2. The first-order valence-corrected chi connectivity index (χ1v) is 16.9. The van der Waals surface area contributed by atoms with Gasteiger partial charge in [-0.25, -0.2) is 0 Å². The van der Waals surface area contributed by atoms with Crippen LogP contribution in [-0.4, -0.2) is 20.2 Å². The van der Waals surface area contributed by atoms with E-state index in [-0.39, 0.29) is 6.98 Å². The van der Waals surface area contributed by atoms with Crippen molar-refractivity contribution in [2.75, 3.05) is 23.7 Å². The molecule has 0 spiro atoms. The fourth-order valence-corrected chi connectivity index (χ4v) is 6.22. The highest BCUT2D eigenvalue weighted by Crippen LogP contribution is 2.35. The van der Waals surface area contributed by atoms with Crippen LogP contribution in [0.2, 0.25) is 0 Å². The van der Waals surface area contributed by atoms with E-state index in [4.69, 9.17) is 9.47 Å². The van der Waals surface area contributed by atoms with Crippen LogP contribution in [-0.2, 0) is 0 Å². The molecule has 5 aromatic rings. The van der Waals surface area contributed by atoms with Crippen LogP contribution in [0.25, 0.3) is 33.0 Å². The van der Waals surface area contributed by atoms with Gasteiger partial charge in [-0.15, -0.1) is 0 Å². The van der Waals surface area contributed by atoms with E-state index in [1.807, 2.05) is 0 Å². The molecule has 0 saturated carbocycles. The number of rotatable bonds is 15. The summed E-state index contributed by atoms with van der Waals surface area (Å²) in [7, 11) is 0. The average molecular weight is 597 g/mol. The monoisotopic (exact) mass is 596 g/mol. The zero-order valence-electron chi connectivity index (χ0n) is 26.8. The summed E-state index contributed by atoms with van der Waals surface area (Å²) >= 11 is 0. The molecule has 2 N–H and O–H groups in total. The number of ether oxygens (including phenoxy) is 2. The van der Waals surface area contributed by atoms with E-state index in [2.05, 4.69) is 127 Å². The molecule has 230 valence electrons. The number of hydrogen-bond donors (Lipinski definition) is 2. The Hall–Kier alpha value is -4.38. The number of nitrogens with one attached hydrogen (secondary N) is 2. The van der Waals surface area contributed by atoms with Gasteiger partial charge in [0, 0.05) is 16.8 Å². The van der Waals surface area contributed by atoms with Crippen molar-refractivity contribution in [3.05, 3.63) is 103 Å². The van der Waals surface area contributed by atoms with E-state index < -0.39 is 0 Å². The molecule has 6 rings (SSSR count). The van der Waals surface area contributed by atoms with Gasteiger partial charge in [0.15, 0.2) is 0 Å². The molecule has 0 unspecified atom stereocenters. The first-order chi connectivity index (χ1) is 22.2. The first kappa shape index (κ1) is 30.6. The van der Waals surface area contributed by atoms with Gasteiger partial charge in [-0.3, -0.25) is 0 Å². The summed E-state index contributed by atoms with van der Waals surface area (Å²) in [6.45, 7) is 5.89. The predicted molar refractivity (Wildman–Crippen MR) is 193 cm³/mol. The molecule has 0 amide bonds. The van der Waals surface area contributed by atoms with Crippen LogP contribution < -0.4 is 25.4 Å². The van der Waals surface area contributed by atoms with Gasteiger partial charge in [0.1, 0.15) is 11.5 Å². The summed E-state index contributed by atoms with van der Waals surface area (Å²) < 4.78 is 12.4. The molecule has 1 heterocycles. The van der Waals surface area contributed by atoms with Gasteiger partial charge in [0.05, 0.1) is 13.2 Å². The minimum Gasteiger partial charge on any atom is -0.494 e. The Bertz CT molecular complexity index is 1600. The maximum atomic E-state index is 6.18. The Morgan fingerprint density at radius 2 is 1.02 bits per heavy atom. The zero-order valence-corrected chi connectivity index (χ0v) is 26.8. The molecule has 45 heavy (non-hydrogen) atoms. The molecule has 4 nitrogen and oxygen atoms in total. The van der Waals surface area contributed by atoms with Crippen LogP contribution in [0, 0.1) is 0 Å². The minimum absolute atomic E-state index is 0.0832. The van der Waals surface area contributed by atoms with Crippen molar-refractivity contribution in [1.82, 2.24) is 0 Å². The van der Waals surface area contributed by atoms with Crippen LogP contribution in [0.4, 0.5) is 11.4 Å². The lowest BCUT2D eigenvalue weighted by molar-refractivity contribution is 0.305. The van der Waals surface area contributed by atoms with Crippen molar-refractivity contribution in [2.45, 2.75) is 65.2 Å². The van der Waals surface area contributed by atoms with Crippen LogP contribution in [0.15, 0.2) is 103 Å². The third-order valence-corrected chi connectivity index (χ3v) is 8.66. The molecule has 5 heteroatoms. The highest BCUT2D eigenvalue weighted by atomic mass is 16.5. The molecule has 1 aliphatic heterocycles. The van der Waals surface area contributed by atoms with Crippen LogP contribution in [0.3, 0.4) is 0 Å². The van der Waals surface area contributed by atoms with Crippen molar-refractivity contribution in [3.63, 3.8) is 0 Å². The van der Waals surface area contributed by atoms with Crippen LogP contribution in [0.1, 0.15) is 65.2 Å². The number of benzene rings is 5. The molecule has 0 aromatic heterocycles. The Morgan fingerprint density at radius 3 is 1.53 bits per heavy atom. The van der Waals surface area contributed by atoms with Crippen molar-refractivity contribution in [3.8, 4) is 33.8 Å². The highest BCUT2D eigenvalue weighted by molar-refractivity contribution is 6.80. The van der Waals surface area contributed by atoms with E-state index in [1.54, 1.807) is 0 Å². The number of hydrogen-bond acceptors (Lipinski definition) is 4. The van der Waals surface area contributed by atoms with Crippen LogP contribution >= 0.6 is 0 Å². The van der Waals surface area contributed by atoms with E-state index >= 15 is 0 Å². The lowest BCUT2D eigenvalue weighted by Gasteiger charge is -2.27. The van der Waals surface area contributed by atoms with Gasteiger partial charge in [-0.1, -0.05) is 113 Å². The molecule has 1 aliphatic rings. The first-order valence-electron chi connectivity index (χ1n) is 16.9. The standard InChI is InChI=1S/C40H45BN2O2/c1-3-5-7-9-23-44-36-19-11-17-31(28-36)33-25-34(32-18-12-20-37(29-32)45-24-10-8-6-4-2)27-35(26-33)41-42-38-21-13-15-30-16-14-22-39(43-41)40(30)38/h11-22,25-29,42-43H,3-10,23-24H2,1-2H3. The van der Waals surface area contributed by atoms with Gasteiger partial charge in [0.2, 0.25) is 0 Å². The fourth-order valence-electron chi connectivity index (χ4n) is 6.22. The van der Waals surface area contributed by atoms with Gasteiger partial charge in [-0.05, 0) is 88.4 Å². The second kappa shape index (κ2) is 15.1. The van der Waals surface area contributed by atoms with Gasteiger partial charge in [0.25, 0.3) is 0 Å². The van der Waals surface area contributed by atoms with E-state index in [0.29, 0.717) is 0 Å². The summed E-state index contributed by atoms with van der Waals surface area (Å²) in [5.41, 5.74) is 8.07. The number of unbranched alkanes of at least 4 members (excludes halogenated alkanes) is 6. The Labute approximate surface area is 269 Å². The summed E-state index contributed by atoms with van der Waals surface area (Å²) in [5.74, 6) is 1.84. The van der Waals surface area contributed by atoms with Crippen LogP contribution in [0.5, 0.6) is 11.5 Å². The molecule has 0 bridgehead atoms. The molecule has 0 atom stereocenters. The third-order valence-electron chi connectivity index (χ3n) is 8.66. The molecule has 0 radical (unpaired) electrons. The van der Waals surface area contributed by atoms with Gasteiger partial charge in [-0.2, -0.15) is 0 Å². The minimum atomic E-state index is -0.0832. The van der Waals surface area contributed by atoms with E-state index in [1.165, 1.54) is 54.8 Å².